The number of aromatic nitrogens is 1. The van der Waals surface area contributed by atoms with Gasteiger partial charge in [0.05, 0.1) is 35.6 Å². The molecule has 0 saturated carbocycles. The number of rotatable bonds is 8. The zero-order valence-corrected chi connectivity index (χ0v) is 19.7. The smallest absolute Gasteiger partial charge is 0.387 e. The van der Waals surface area contributed by atoms with Crippen LogP contribution in [0.5, 0.6) is 23.3 Å². The third-order valence-electron chi connectivity index (χ3n) is 5.49. The Labute approximate surface area is 204 Å². The predicted molar refractivity (Wildman–Crippen MR) is 127 cm³/mol. The molecule has 0 radical (unpaired) electrons. The zero-order valence-electron chi connectivity index (χ0n) is 19.7. The second-order valence-corrected chi connectivity index (χ2v) is 8.24. The van der Waals surface area contributed by atoms with Crippen LogP contribution in [0.1, 0.15) is 26.3 Å². The van der Waals surface area contributed by atoms with Crippen LogP contribution in [0.3, 0.4) is 0 Å². The third kappa shape index (κ3) is 4.46. The van der Waals surface area contributed by atoms with Gasteiger partial charge < -0.3 is 24.4 Å². The molecule has 0 amide bonds. The van der Waals surface area contributed by atoms with Gasteiger partial charge in [0.15, 0.2) is 0 Å². The molecule has 1 heterocycles. The number of carbonyl (C=O) groups excluding carboxylic acids is 1. The first-order chi connectivity index (χ1) is 17.1. The van der Waals surface area contributed by atoms with E-state index in [9.17, 15) is 28.2 Å². The maximum absolute atomic E-state index is 14.9. The lowest BCUT2D eigenvalue weighted by Gasteiger charge is -2.17. The Morgan fingerprint density at radius 1 is 0.972 bits per heavy atom. The maximum atomic E-state index is 14.9. The maximum Gasteiger partial charge on any atom is 0.387 e. The molecule has 0 aliphatic rings. The zero-order chi connectivity index (χ0) is 26.1. The molecule has 3 aromatic carbocycles. The standard InChI is InChI=1S/C26H24F3NO6/c1-4-34-19(31)11-14-9-10-15(12-18(14)27)30-24(32)20-21(25(30)33)23(36-26(28)29)17-8-6-5-7-16(17)22(20)35-13(2)3/h5-10,12-13,26,32-33H,4,11H2,1-3H3. The molecule has 0 bridgehead atoms. The average molecular weight is 503 g/mol. The Morgan fingerprint density at radius 3 is 2.06 bits per heavy atom. The van der Waals surface area contributed by atoms with Gasteiger partial charge in [-0.3, -0.25) is 9.36 Å². The molecule has 4 rings (SSSR count). The second kappa shape index (κ2) is 9.88. The Bertz CT molecular complexity index is 1370. The number of hydrogen-bond donors (Lipinski definition) is 2. The summed E-state index contributed by atoms with van der Waals surface area (Å²) in [6.45, 7) is 2.05. The lowest BCUT2D eigenvalue weighted by Crippen LogP contribution is -2.09. The monoisotopic (exact) mass is 503 g/mol. The van der Waals surface area contributed by atoms with Crippen molar-refractivity contribution in [1.82, 2.24) is 4.57 Å². The highest BCUT2D eigenvalue weighted by Gasteiger charge is 2.29. The SMILES string of the molecule is CCOC(=O)Cc1ccc(-n2c(O)c3c(OC(C)C)c4ccccc4c(OC(F)F)c3c2O)cc1F. The van der Waals surface area contributed by atoms with Crippen molar-refractivity contribution >= 4 is 27.5 Å². The Hall–Kier alpha value is -4.08. The number of aromatic hydroxyl groups is 2. The fourth-order valence-electron chi connectivity index (χ4n) is 4.13. The van der Waals surface area contributed by atoms with E-state index in [0.717, 1.165) is 10.6 Å². The molecule has 0 aliphatic heterocycles. The number of alkyl halides is 2. The van der Waals surface area contributed by atoms with Gasteiger partial charge in [0, 0.05) is 10.8 Å². The van der Waals surface area contributed by atoms with Crippen LogP contribution >= 0.6 is 0 Å². The molecule has 4 aromatic rings. The van der Waals surface area contributed by atoms with Crippen LogP contribution in [0.25, 0.3) is 27.2 Å². The van der Waals surface area contributed by atoms with Gasteiger partial charge in [-0.05, 0) is 38.5 Å². The molecule has 0 spiro atoms. The first kappa shape index (κ1) is 25.0. The number of hydrogen-bond acceptors (Lipinski definition) is 6. The highest BCUT2D eigenvalue weighted by Crippen LogP contribution is 2.53. The molecule has 0 atom stereocenters. The number of halogens is 3. The molecule has 2 N–H and O–H groups in total. The van der Waals surface area contributed by atoms with Crippen LogP contribution in [0.15, 0.2) is 42.5 Å². The molecule has 0 saturated heterocycles. The van der Waals surface area contributed by atoms with E-state index in [-0.39, 0.29) is 58.0 Å². The van der Waals surface area contributed by atoms with Crippen molar-refractivity contribution in [2.45, 2.75) is 39.9 Å². The fraction of sp³-hybridized carbons (Fsp3) is 0.269. The summed E-state index contributed by atoms with van der Waals surface area (Å²) >= 11 is 0. The first-order valence-corrected chi connectivity index (χ1v) is 11.2. The number of benzene rings is 3. The highest BCUT2D eigenvalue weighted by atomic mass is 19.3. The lowest BCUT2D eigenvalue weighted by atomic mass is 10.0. The topological polar surface area (TPSA) is 90.2 Å². The van der Waals surface area contributed by atoms with Crippen molar-refractivity contribution in [3.05, 3.63) is 53.8 Å². The van der Waals surface area contributed by atoms with E-state index in [1.807, 2.05) is 0 Å². The average Bonchev–Trinajstić information content (AvgIpc) is 3.07. The molecule has 0 aliphatic carbocycles. The summed E-state index contributed by atoms with van der Waals surface area (Å²) in [5.74, 6) is -2.85. The lowest BCUT2D eigenvalue weighted by molar-refractivity contribution is -0.142. The fourth-order valence-corrected chi connectivity index (χ4v) is 4.13. The van der Waals surface area contributed by atoms with Gasteiger partial charge in [-0.1, -0.05) is 30.3 Å². The predicted octanol–water partition coefficient (Wildman–Crippen LogP) is 5.83. The molecule has 10 heteroatoms. The normalized spacial score (nSPS) is 11.6. The van der Waals surface area contributed by atoms with Gasteiger partial charge in [0.2, 0.25) is 11.8 Å². The molecule has 1 aromatic heterocycles. The molecule has 190 valence electrons. The summed E-state index contributed by atoms with van der Waals surface area (Å²) in [5, 5.41) is 22.6. The van der Waals surface area contributed by atoms with Crippen LogP contribution < -0.4 is 9.47 Å². The van der Waals surface area contributed by atoms with Gasteiger partial charge in [-0.15, -0.1) is 0 Å². The molecule has 36 heavy (non-hydrogen) atoms. The van der Waals surface area contributed by atoms with Crippen LogP contribution in [-0.4, -0.2) is 40.1 Å². The van der Waals surface area contributed by atoms with Crippen molar-refractivity contribution in [3.8, 4) is 28.9 Å². The quantitative estimate of drug-likeness (QED) is 0.294. The molecular weight excluding hydrogens is 479 g/mol. The van der Waals surface area contributed by atoms with Crippen molar-refractivity contribution in [2.24, 2.45) is 0 Å². The summed E-state index contributed by atoms with van der Waals surface area (Å²) in [4.78, 5) is 11.7. The molecule has 0 unspecified atom stereocenters. The van der Waals surface area contributed by atoms with Crippen molar-refractivity contribution in [1.29, 1.82) is 0 Å². The van der Waals surface area contributed by atoms with Gasteiger partial charge in [-0.25, -0.2) is 4.39 Å². The molecule has 0 fully saturated rings. The van der Waals surface area contributed by atoms with Crippen LogP contribution in [0.4, 0.5) is 13.2 Å². The van der Waals surface area contributed by atoms with Crippen molar-refractivity contribution in [3.63, 3.8) is 0 Å². The van der Waals surface area contributed by atoms with Crippen molar-refractivity contribution in [2.75, 3.05) is 6.61 Å². The third-order valence-corrected chi connectivity index (χ3v) is 5.49. The molecular formula is C26H24F3NO6. The van der Waals surface area contributed by atoms with E-state index in [4.69, 9.17) is 14.2 Å². The Balaban J connectivity index is 2.00. The minimum absolute atomic E-state index is 0.0196. The van der Waals surface area contributed by atoms with E-state index in [1.54, 1.807) is 39.0 Å². The summed E-state index contributed by atoms with van der Waals surface area (Å²) in [5.41, 5.74) is 0.0260. The van der Waals surface area contributed by atoms with Gasteiger partial charge in [-0.2, -0.15) is 8.78 Å². The van der Waals surface area contributed by atoms with Gasteiger partial charge in [0.25, 0.3) is 0 Å². The van der Waals surface area contributed by atoms with E-state index >= 15 is 0 Å². The van der Waals surface area contributed by atoms with E-state index in [0.29, 0.717) is 5.39 Å². The Morgan fingerprint density at radius 2 is 1.56 bits per heavy atom. The van der Waals surface area contributed by atoms with E-state index in [2.05, 4.69) is 0 Å². The first-order valence-electron chi connectivity index (χ1n) is 11.2. The number of esters is 1. The molecule has 7 nitrogen and oxygen atoms in total. The Kier molecular flexibility index (Phi) is 6.87. The van der Waals surface area contributed by atoms with Crippen LogP contribution in [-0.2, 0) is 16.0 Å². The van der Waals surface area contributed by atoms with Crippen molar-refractivity contribution < 1.29 is 42.4 Å². The van der Waals surface area contributed by atoms with Gasteiger partial charge in [0.1, 0.15) is 17.3 Å². The number of ether oxygens (including phenoxy) is 3. The highest BCUT2D eigenvalue weighted by molar-refractivity contribution is 6.15. The van der Waals surface area contributed by atoms with E-state index in [1.165, 1.54) is 18.2 Å². The summed E-state index contributed by atoms with van der Waals surface area (Å²) < 4.78 is 58.2. The van der Waals surface area contributed by atoms with E-state index < -0.39 is 30.2 Å². The van der Waals surface area contributed by atoms with Crippen LogP contribution in [0, 0.1) is 5.82 Å². The largest absolute Gasteiger partial charge is 0.494 e. The summed E-state index contributed by atoms with van der Waals surface area (Å²) in [6.07, 6.45) is -0.682. The number of carbonyl (C=O) groups is 1. The summed E-state index contributed by atoms with van der Waals surface area (Å²) in [7, 11) is 0. The minimum Gasteiger partial charge on any atom is -0.494 e. The summed E-state index contributed by atoms with van der Waals surface area (Å²) in [6, 6.07) is 10.1. The number of nitrogens with zero attached hydrogens (tertiary/aromatic N) is 1. The van der Waals surface area contributed by atoms with Crippen LogP contribution in [0.2, 0.25) is 0 Å². The second-order valence-electron chi connectivity index (χ2n) is 8.24. The number of fused-ring (bicyclic) bond motifs is 2. The minimum atomic E-state index is -3.22. The van der Waals surface area contributed by atoms with Gasteiger partial charge >= 0.3 is 12.6 Å².